The summed E-state index contributed by atoms with van der Waals surface area (Å²) in [5.41, 5.74) is -1.61. The Labute approximate surface area is 163 Å². The SMILES string of the molecule is CC(=O)O[C@H](C#CC#CC#CBr)[C@@H]1COC(C)(C)N1C(=O)OC(C)(C)C. The van der Waals surface area contributed by atoms with E-state index in [-0.39, 0.29) is 6.61 Å². The topological polar surface area (TPSA) is 65.1 Å². The minimum atomic E-state index is -0.930. The largest absolute Gasteiger partial charge is 0.447 e. The molecule has 6 nitrogen and oxygen atoms in total. The van der Waals surface area contributed by atoms with Crippen LogP contribution in [0.5, 0.6) is 0 Å². The van der Waals surface area contributed by atoms with Gasteiger partial charge in [0.1, 0.15) is 17.4 Å². The molecular formula is C19H22BrNO5. The van der Waals surface area contributed by atoms with Gasteiger partial charge >= 0.3 is 12.1 Å². The van der Waals surface area contributed by atoms with Crippen molar-refractivity contribution in [2.24, 2.45) is 0 Å². The second-order valence-corrected chi connectivity index (χ2v) is 7.34. The zero-order valence-corrected chi connectivity index (χ0v) is 17.3. The highest BCUT2D eigenvalue weighted by atomic mass is 79.9. The quantitative estimate of drug-likeness (QED) is 0.504. The van der Waals surface area contributed by atoms with E-state index in [1.165, 1.54) is 11.8 Å². The van der Waals surface area contributed by atoms with E-state index in [0.717, 1.165) is 0 Å². The van der Waals surface area contributed by atoms with E-state index >= 15 is 0 Å². The summed E-state index contributed by atoms with van der Waals surface area (Å²) in [4.78, 5) is 28.0. The molecule has 0 saturated carbocycles. The van der Waals surface area contributed by atoms with Crippen LogP contribution in [0.3, 0.4) is 0 Å². The van der Waals surface area contributed by atoms with Crippen LogP contribution in [-0.4, -0.2) is 47.0 Å². The minimum absolute atomic E-state index is 0.146. The fourth-order valence-electron chi connectivity index (χ4n) is 2.30. The Morgan fingerprint density at radius 2 is 1.85 bits per heavy atom. The Morgan fingerprint density at radius 3 is 2.38 bits per heavy atom. The molecule has 0 aliphatic carbocycles. The maximum atomic E-state index is 12.7. The summed E-state index contributed by atoms with van der Waals surface area (Å²) < 4.78 is 16.5. The molecule has 1 aliphatic rings. The monoisotopic (exact) mass is 423 g/mol. The van der Waals surface area contributed by atoms with Gasteiger partial charge in [-0.15, -0.1) is 0 Å². The number of carbonyl (C=O) groups excluding carboxylic acids is 2. The van der Waals surface area contributed by atoms with Crippen molar-refractivity contribution in [3.63, 3.8) is 0 Å². The van der Waals surface area contributed by atoms with Crippen molar-refractivity contribution in [2.75, 3.05) is 6.61 Å². The van der Waals surface area contributed by atoms with Crippen LogP contribution in [0.1, 0.15) is 41.5 Å². The van der Waals surface area contributed by atoms with Gasteiger partial charge in [-0.3, -0.25) is 9.69 Å². The van der Waals surface area contributed by atoms with Crippen LogP contribution >= 0.6 is 15.9 Å². The van der Waals surface area contributed by atoms with Crippen molar-refractivity contribution in [1.82, 2.24) is 4.90 Å². The molecule has 1 fully saturated rings. The van der Waals surface area contributed by atoms with Gasteiger partial charge in [-0.2, -0.15) is 0 Å². The van der Waals surface area contributed by atoms with Crippen molar-refractivity contribution in [3.8, 4) is 34.4 Å². The highest BCUT2D eigenvalue weighted by molar-refractivity contribution is 9.12. The number of carbonyl (C=O) groups is 2. The lowest BCUT2D eigenvalue weighted by atomic mass is 10.1. The summed E-state index contributed by atoms with van der Waals surface area (Å²) in [5.74, 6) is 12.4. The van der Waals surface area contributed by atoms with E-state index in [4.69, 9.17) is 14.2 Å². The number of ether oxygens (including phenoxy) is 3. The third kappa shape index (κ3) is 6.64. The van der Waals surface area contributed by atoms with Crippen LogP contribution in [0.4, 0.5) is 4.79 Å². The lowest BCUT2D eigenvalue weighted by Gasteiger charge is -2.36. The summed E-state index contributed by atoms with van der Waals surface area (Å²) in [6.45, 7) is 10.2. The standard InChI is InChI=1S/C19H22BrNO5/c1-14(22)25-16(11-9-7-8-10-12-20)15-13-24-19(5,6)21(15)17(23)26-18(2,3)4/h15-16H,13H2,1-6H3/t15-,16+/m0/s1. The highest BCUT2D eigenvalue weighted by Crippen LogP contribution is 2.31. The van der Waals surface area contributed by atoms with Gasteiger partial charge in [0, 0.05) is 22.9 Å². The fraction of sp³-hybridized carbons (Fsp3) is 0.579. The highest BCUT2D eigenvalue weighted by Gasteiger charge is 2.49. The first-order chi connectivity index (χ1) is 12.0. The van der Waals surface area contributed by atoms with Crippen LogP contribution < -0.4 is 0 Å². The lowest BCUT2D eigenvalue weighted by Crippen LogP contribution is -2.53. The maximum Gasteiger partial charge on any atom is 0.413 e. The van der Waals surface area contributed by atoms with E-state index in [1.54, 1.807) is 34.6 Å². The average Bonchev–Trinajstić information content (AvgIpc) is 2.79. The Balaban J connectivity index is 3.16. The third-order valence-corrected chi connectivity index (χ3v) is 3.40. The van der Waals surface area contributed by atoms with E-state index in [1.807, 2.05) is 0 Å². The smallest absolute Gasteiger partial charge is 0.413 e. The lowest BCUT2D eigenvalue weighted by molar-refractivity contribution is -0.146. The molecule has 1 rings (SSSR count). The van der Waals surface area contributed by atoms with Crippen LogP contribution in [0.15, 0.2) is 0 Å². The second-order valence-electron chi connectivity index (χ2n) is 6.94. The van der Waals surface area contributed by atoms with E-state index in [0.29, 0.717) is 0 Å². The second kappa shape index (κ2) is 8.99. The molecule has 0 aromatic heterocycles. The van der Waals surface area contributed by atoms with Gasteiger partial charge in [0.15, 0.2) is 6.10 Å². The number of nitrogens with zero attached hydrogens (tertiary/aromatic N) is 1. The number of halogens is 1. The van der Waals surface area contributed by atoms with Crippen molar-refractivity contribution in [1.29, 1.82) is 0 Å². The van der Waals surface area contributed by atoms with Gasteiger partial charge in [-0.1, -0.05) is 0 Å². The first-order valence-electron chi connectivity index (χ1n) is 7.92. The molecule has 26 heavy (non-hydrogen) atoms. The molecule has 0 radical (unpaired) electrons. The van der Waals surface area contributed by atoms with Gasteiger partial charge in [-0.25, -0.2) is 4.79 Å². The number of hydrogen-bond acceptors (Lipinski definition) is 5. The Kier molecular flexibility index (Phi) is 7.57. The molecule has 0 aromatic carbocycles. The molecule has 0 bridgehead atoms. The molecule has 1 saturated heterocycles. The molecule has 1 heterocycles. The zero-order valence-electron chi connectivity index (χ0n) is 15.7. The normalized spacial score (nSPS) is 18.9. The Hall–Kier alpha value is -2.14. The van der Waals surface area contributed by atoms with Gasteiger partial charge < -0.3 is 14.2 Å². The number of esters is 1. The van der Waals surface area contributed by atoms with Crippen LogP contribution in [-0.2, 0) is 19.0 Å². The molecule has 0 N–H and O–H groups in total. The van der Waals surface area contributed by atoms with Gasteiger partial charge in [0.2, 0.25) is 0 Å². The van der Waals surface area contributed by atoms with Gasteiger partial charge in [0.05, 0.1) is 6.61 Å². The van der Waals surface area contributed by atoms with Crippen LogP contribution in [0.25, 0.3) is 0 Å². The van der Waals surface area contributed by atoms with Crippen molar-refractivity contribution < 1.29 is 23.8 Å². The Morgan fingerprint density at radius 1 is 1.23 bits per heavy atom. The molecule has 2 atom stereocenters. The summed E-state index contributed by atoms with van der Waals surface area (Å²) in [5, 5.41) is 0. The predicted molar refractivity (Wildman–Crippen MR) is 99.7 cm³/mol. The summed E-state index contributed by atoms with van der Waals surface area (Å²) >= 11 is 2.92. The van der Waals surface area contributed by atoms with Gasteiger partial charge in [-0.05, 0) is 69.1 Å². The molecular weight excluding hydrogens is 402 g/mol. The molecule has 1 aliphatic heterocycles. The van der Waals surface area contributed by atoms with Crippen LogP contribution in [0.2, 0.25) is 0 Å². The third-order valence-electron chi connectivity index (χ3n) is 3.20. The minimum Gasteiger partial charge on any atom is -0.447 e. The van der Waals surface area contributed by atoms with Crippen molar-refractivity contribution >= 4 is 28.0 Å². The van der Waals surface area contributed by atoms with Crippen LogP contribution in [0, 0.1) is 34.4 Å². The summed E-state index contributed by atoms with van der Waals surface area (Å²) in [7, 11) is 0. The number of hydrogen-bond donors (Lipinski definition) is 0. The predicted octanol–water partition coefficient (Wildman–Crippen LogP) is 2.65. The van der Waals surface area contributed by atoms with E-state index in [9.17, 15) is 9.59 Å². The Bertz CT molecular complexity index is 734. The van der Waals surface area contributed by atoms with Gasteiger partial charge in [0.25, 0.3) is 0 Å². The molecule has 0 aromatic rings. The summed E-state index contributed by atoms with van der Waals surface area (Å²) in [6.07, 6.45) is -1.48. The molecule has 0 unspecified atom stereocenters. The fourth-order valence-corrected chi connectivity index (χ4v) is 2.40. The average molecular weight is 424 g/mol. The molecule has 1 amide bonds. The summed E-state index contributed by atoms with van der Waals surface area (Å²) in [6, 6.07) is -0.625. The maximum absolute atomic E-state index is 12.7. The molecule has 140 valence electrons. The first kappa shape index (κ1) is 21.9. The zero-order chi connectivity index (χ0) is 20.0. The number of rotatable bonds is 2. The van der Waals surface area contributed by atoms with Crippen molar-refractivity contribution in [3.05, 3.63) is 0 Å². The van der Waals surface area contributed by atoms with E-state index < -0.39 is 35.5 Å². The van der Waals surface area contributed by atoms with Crippen molar-refractivity contribution in [2.45, 2.75) is 65.0 Å². The molecule has 0 spiro atoms. The first-order valence-corrected chi connectivity index (χ1v) is 8.72. The number of amides is 1. The molecule has 7 heteroatoms. The van der Waals surface area contributed by atoms with E-state index in [2.05, 4.69) is 50.4 Å².